The van der Waals surface area contributed by atoms with E-state index < -0.39 is 29.6 Å². The summed E-state index contributed by atoms with van der Waals surface area (Å²) in [5, 5.41) is 0. The molecule has 0 atom stereocenters. The molecule has 2 rings (SSSR count). The van der Waals surface area contributed by atoms with Crippen LogP contribution in [0.1, 0.15) is 11.1 Å². The first-order valence-corrected chi connectivity index (χ1v) is 6.84. The van der Waals surface area contributed by atoms with Crippen LogP contribution in [0, 0.1) is 0 Å². The third-order valence-electron chi connectivity index (χ3n) is 3.14. The first kappa shape index (κ1) is 18.7. The van der Waals surface area contributed by atoms with Gasteiger partial charge >= 0.3 is 12.1 Å². The van der Waals surface area contributed by atoms with Crippen LogP contribution < -0.4 is 0 Å². The number of benzene rings is 2. The molecule has 2 aromatic carbocycles. The first-order chi connectivity index (χ1) is 11.6. The van der Waals surface area contributed by atoms with Crippen LogP contribution in [-0.4, -0.2) is 18.1 Å². The second kappa shape index (κ2) is 7.08. The van der Waals surface area contributed by atoms with Crippen LogP contribution in [0.4, 0.5) is 30.7 Å². The number of rotatable bonds is 4. The van der Waals surface area contributed by atoms with Gasteiger partial charge in [0.15, 0.2) is 0 Å². The van der Waals surface area contributed by atoms with E-state index >= 15 is 0 Å². The van der Waals surface area contributed by atoms with Gasteiger partial charge in [-0.1, -0.05) is 60.7 Å². The molecule has 2 aromatic rings. The maximum atomic E-state index is 14.4. The van der Waals surface area contributed by atoms with Crippen molar-refractivity contribution in [3.8, 4) is 0 Å². The van der Waals surface area contributed by atoms with E-state index in [1.165, 1.54) is 48.5 Å². The number of aliphatic imine (C=N–C) groups is 1. The minimum atomic E-state index is -6.22. The zero-order valence-corrected chi connectivity index (χ0v) is 12.4. The molecule has 0 unspecified atom stereocenters. The molecule has 0 spiro atoms. The largest absolute Gasteiger partial charge is 0.462 e. The highest BCUT2D eigenvalue weighted by molar-refractivity contribution is 5.87. The summed E-state index contributed by atoms with van der Waals surface area (Å²) < 4.78 is 90.1. The quantitative estimate of drug-likeness (QED) is 0.363. The maximum absolute atomic E-state index is 14.4. The monoisotopic (exact) mass is 361 g/mol. The fourth-order valence-corrected chi connectivity index (χ4v) is 1.94. The van der Waals surface area contributed by atoms with Crippen molar-refractivity contribution in [3.05, 3.63) is 77.7 Å². The Labute approximate surface area is 138 Å². The van der Waals surface area contributed by atoms with Crippen LogP contribution in [0.25, 0.3) is 5.57 Å². The van der Waals surface area contributed by atoms with Crippen LogP contribution in [-0.2, 0) is 0 Å². The van der Waals surface area contributed by atoms with E-state index in [4.69, 9.17) is 0 Å². The van der Waals surface area contributed by atoms with Crippen molar-refractivity contribution in [2.24, 2.45) is 4.99 Å². The van der Waals surface area contributed by atoms with E-state index in [1.807, 2.05) is 0 Å². The zero-order valence-electron chi connectivity index (χ0n) is 12.4. The SMILES string of the molecule is FC(/N=C(\F)C(F)(F)C(F)(F)F)=C(c1ccccc1)c1ccccc1. The standard InChI is InChI=1S/C17H10F7N/c18-14(25-15(19)16(20,21)17(22,23)24)13(11-7-3-1-4-8-11)12-9-5-2-6-10-12/h1-10H/b25-15-. The highest BCUT2D eigenvalue weighted by Crippen LogP contribution is 2.38. The molecule has 0 heterocycles. The Morgan fingerprint density at radius 3 is 1.44 bits per heavy atom. The van der Waals surface area contributed by atoms with Gasteiger partial charge in [-0.05, 0) is 11.1 Å². The molecule has 132 valence electrons. The molecule has 0 radical (unpaired) electrons. The lowest BCUT2D eigenvalue weighted by molar-refractivity contribution is -0.252. The summed E-state index contributed by atoms with van der Waals surface area (Å²) >= 11 is 0. The zero-order chi connectivity index (χ0) is 18.7. The predicted octanol–water partition coefficient (Wildman–Crippen LogP) is 5.94. The van der Waals surface area contributed by atoms with Crippen molar-refractivity contribution >= 4 is 11.5 Å². The number of halogens is 7. The van der Waals surface area contributed by atoms with Crippen molar-refractivity contribution < 1.29 is 30.7 Å². The second-order valence-electron chi connectivity index (χ2n) is 4.87. The van der Waals surface area contributed by atoms with Gasteiger partial charge in [0.25, 0.3) is 5.97 Å². The molecule has 0 saturated heterocycles. The van der Waals surface area contributed by atoms with E-state index in [-0.39, 0.29) is 11.1 Å². The molecule has 0 bridgehead atoms. The van der Waals surface area contributed by atoms with Gasteiger partial charge in [-0.25, -0.2) is 0 Å². The number of nitrogens with zero attached hydrogens (tertiary/aromatic N) is 1. The van der Waals surface area contributed by atoms with Gasteiger partial charge in [-0.2, -0.15) is 35.7 Å². The average molecular weight is 361 g/mol. The van der Waals surface area contributed by atoms with E-state index in [2.05, 4.69) is 4.99 Å². The van der Waals surface area contributed by atoms with Gasteiger partial charge < -0.3 is 0 Å². The molecule has 0 N–H and O–H groups in total. The van der Waals surface area contributed by atoms with Crippen molar-refractivity contribution in [1.29, 1.82) is 0 Å². The minimum Gasteiger partial charge on any atom is -0.188 e. The molecule has 8 heteroatoms. The lowest BCUT2D eigenvalue weighted by atomic mass is 9.99. The van der Waals surface area contributed by atoms with Crippen LogP contribution in [0.3, 0.4) is 0 Å². The summed E-state index contributed by atoms with van der Waals surface area (Å²) in [5.74, 6) is -10.8. The molecule has 0 aliphatic carbocycles. The molecule has 0 fully saturated rings. The van der Waals surface area contributed by atoms with E-state index in [1.54, 1.807) is 12.1 Å². The van der Waals surface area contributed by atoms with E-state index in [0.29, 0.717) is 0 Å². The van der Waals surface area contributed by atoms with Gasteiger partial charge in [-0.15, -0.1) is 0 Å². The van der Waals surface area contributed by atoms with Gasteiger partial charge in [0.1, 0.15) is 0 Å². The number of hydrogen-bond donors (Lipinski definition) is 0. The third-order valence-corrected chi connectivity index (χ3v) is 3.14. The molecule has 0 aliphatic rings. The molecule has 0 amide bonds. The highest BCUT2D eigenvalue weighted by Gasteiger charge is 2.62. The Bertz CT molecular complexity index is 736. The topological polar surface area (TPSA) is 12.4 Å². The van der Waals surface area contributed by atoms with Crippen molar-refractivity contribution in [2.75, 3.05) is 0 Å². The van der Waals surface area contributed by atoms with Gasteiger partial charge in [-0.3, -0.25) is 0 Å². The highest BCUT2D eigenvalue weighted by atomic mass is 19.4. The lowest BCUT2D eigenvalue weighted by Crippen LogP contribution is -2.42. The summed E-state index contributed by atoms with van der Waals surface area (Å²) in [6.45, 7) is 0. The van der Waals surface area contributed by atoms with Crippen LogP contribution >= 0.6 is 0 Å². The minimum absolute atomic E-state index is 0.137. The van der Waals surface area contributed by atoms with Crippen LogP contribution in [0.2, 0.25) is 0 Å². The second-order valence-corrected chi connectivity index (χ2v) is 4.87. The van der Waals surface area contributed by atoms with Gasteiger partial charge in [0.2, 0.25) is 5.95 Å². The number of alkyl halides is 5. The molecule has 0 aromatic heterocycles. The van der Waals surface area contributed by atoms with Gasteiger partial charge in [0, 0.05) is 5.57 Å². The lowest BCUT2D eigenvalue weighted by Gasteiger charge is -2.16. The number of hydrogen-bond acceptors (Lipinski definition) is 1. The molecular formula is C17H10F7N. The summed E-state index contributed by atoms with van der Waals surface area (Å²) in [4.78, 5) is 2.26. The normalized spacial score (nSPS) is 12.8. The first-order valence-electron chi connectivity index (χ1n) is 6.84. The van der Waals surface area contributed by atoms with Crippen molar-refractivity contribution in [3.63, 3.8) is 0 Å². The Kier molecular flexibility index (Phi) is 5.30. The Morgan fingerprint density at radius 1 is 0.680 bits per heavy atom. The molecule has 1 nitrogen and oxygen atoms in total. The van der Waals surface area contributed by atoms with Crippen LogP contribution in [0.15, 0.2) is 71.6 Å². The third kappa shape index (κ3) is 4.07. The summed E-state index contributed by atoms with van der Waals surface area (Å²) in [5.41, 5.74) is -0.134. The summed E-state index contributed by atoms with van der Waals surface area (Å²) in [6.07, 6.45) is -6.22. The van der Waals surface area contributed by atoms with E-state index in [0.717, 1.165) is 0 Å². The smallest absolute Gasteiger partial charge is 0.188 e. The average Bonchev–Trinajstić information content (AvgIpc) is 2.56. The van der Waals surface area contributed by atoms with Crippen molar-refractivity contribution in [2.45, 2.75) is 12.1 Å². The fraction of sp³-hybridized carbons (Fsp3) is 0.118. The maximum Gasteiger partial charge on any atom is 0.462 e. The Hall–Kier alpha value is -2.64. The molecule has 25 heavy (non-hydrogen) atoms. The van der Waals surface area contributed by atoms with Crippen molar-refractivity contribution in [1.82, 2.24) is 0 Å². The molecule has 0 saturated carbocycles. The predicted molar refractivity (Wildman–Crippen MR) is 79.6 cm³/mol. The molecular weight excluding hydrogens is 351 g/mol. The Balaban J connectivity index is 2.62. The Morgan fingerprint density at radius 2 is 1.08 bits per heavy atom. The van der Waals surface area contributed by atoms with Crippen LogP contribution in [0.5, 0.6) is 0 Å². The fourth-order valence-electron chi connectivity index (χ4n) is 1.94. The summed E-state index contributed by atoms with van der Waals surface area (Å²) in [7, 11) is 0. The van der Waals surface area contributed by atoms with E-state index in [9.17, 15) is 30.7 Å². The van der Waals surface area contributed by atoms with Gasteiger partial charge in [0.05, 0.1) is 0 Å². The molecule has 0 aliphatic heterocycles. The summed E-state index contributed by atoms with van der Waals surface area (Å²) in [6, 6.07) is 14.7.